The Hall–Kier alpha value is -3.71. The van der Waals surface area contributed by atoms with Crippen LogP contribution in [0.1, 0.15) is 16.2 Å². The molecule has 3 rings (SSSR count). The SMILES string of the molecule is C=CCn1c(CO)nn(-c2cc(OCC(F)(F)F)c(C(=O)Nc3c(F)cccc3Cl)cc2F)c1=O. The number of halogens is 6. The summed E-state index contributed by atoms with van der Waals surface area (Å²) in [6.45, 7) is 0.782. The van der Waals surface area contributed by atoms with Crippen molar-refractivity contribution in [1.82, 2.24) is 14.3 Å². The molecule has 0 aliphatic rings. The number of para-hydroxylation sites is 1. The van der Waals surface area contributed by atoms with Crippen molar-refractivity contribution in [3.8, 4) is 11.4 Å². The Morgan fingerprint density at radius 1 is 1.26 bits per heavy atom. The van der Waals surface area contributed by atoms with Crippen LogP contribution in [0.4, 0.5) is 27.6 Å². The summed E-state index contributed by atoms with van der Waals surface area (Å²) in [7, 11) is 0. The zero-order valence-corrected chi connectivity index (χ0v) is 18.3. The standard InChI is InChI=1S/C21H16ClF5N4O4/c1-2-6-30-17(9-32)29-31(20(30)34)15-8-16(35-10-21(25,26)27)11(7-14(15)24)19(33)28-18-12(22)4-3-5-13(18)23/h2-5,7-8,32H,1,6,9-10H2,(H,28,33). The average molecular weight is 519 g/mol. The van der Waals surface area contributed by atoms with Gasteiger partial charge in [0.25, 0.3) is 5.91 Å². The van der Waals surface area contributed by atoms with Crippen molar-refractivity contribution in [2.45, 2.75) is 19.3 Å². The number of alkyl halides is 3. The van der Waals surface area contributed by atoms with Gasteiger partial charge >= 0.3 is 11.9 Å². The second-order valence-corrected chi connectivity index (χ2v) is 7.33. The highest BCUT2D eigenvalue weighted by molar-refractivity contribution is 6.34. The third-order valence-corrected chi connectivity index (χ3v) is 4.82. The smallest absolute Gasteiger partial charge is 0.422 e. The van der Waals surface area contributed by atoms with Crippen LogP contribution in [0.3, 0.4) is 0 Å². The van der Waals surface area contributed by atoms with Crippen LogP contribution in [0, 0.1) is 11.6 Å². The number of benzene rings is 2. The molecule has 1 amide bonds. The van der Waals surface area contributed by atoms with Crippen molar-refractivity contribution in [1.29, 1.82) is 0 Å². The fourth-order valence-electron chi connectivity index (χ4n) is 2.98. The number of carbonyl (C=O) groups excluding carboxylic acids is 1. The van der Waals surface area contributed by atoms with Gasteiger partial charge < -0.3 is 15.2 Å². The van der Waals surface area contributed by atoms with Gasteiger partial charge in [0.15, 0.2) is 12.4 Å². The number of nitrogens with one attached hydrogen (secondary N) is 1. The fourth-order valence-corrected chi connectivity index (χ4v) is 3.19. The Morgan fingerprint density at radius 3 is 2.57 bits per heavy atom. The monoisotopic (exact) mass is 518 g/mol. The van der Waals surface area contributed by atoms with E-state index in [0.717, 1.165) is 10.6 Å². The maximum atomic E-state index is 15.0. The van der Waals surface area contributed by atoms with E-state index in [1.165, 1.54) is 18.2 Å². The molecule has 2 N–H and O–H groups in total. The second kappa shape index (κ2) is 10.3. The molecule has 186 valence electrons. The van der Waals surface area contributed by atoms with E-state index < -0.39 is 65.3 Å². The number of amides is 1. The Morgan fingerprint density at radius 2 is 1.97 bits per heavy atom. The molecule has 1 aromatic heterocycles. The molecule has 14 heteroatoms. The minimum Gasteiger partial charge on any atom is -0.483 e. The first kappa shape index (κ1) is 25.9. The quantitative estimate of drug-likeness (QED) is 0.349. The summed E-state index contributed by atoms with van der Waals surface area (Å²) in [6, 6.07) is 4.63. The number of hydrogen-bond donors (Lipinski definition) is 2. The van der Waals surface area contributed by atoms with E-state index >= 15 is 4.39 Å². The van der Waals surface area contributed by atoms with Crippen LogP contribution < -0.4 is 15.7 Å². The van der Waals surface area contributed by atoms with Crippen molar-refractivity contribution in [2.75, 3.05) is 11.9 Å². The van der Waals surface area contributed by atoms with E-state index in [9.17, 15) is 32.3 Å². The Kier molecular flexibility index (Phi) is 7.60. The van der Waals surface area contributed by atoms with E-state index in [0.29, 0.717) is 16.8 Å². The summed E-state index contributed by atoms with van der Waals surface area (Å²) in [4.78, 5) is 25.4. The minimum atomic E-state index is -4.83. The Balaban J connectivity index is 2.12. The van der Waals surface area contributed by atoms with Gasteiger partial charge in [0.1, 0.15) is 29.7 Å². The predicted octanol–water partition coefficient (Wildman–Crippen LogP) is 3.84. The zero-order chi connectivity index (χ0) is 25.9. The molecule has 2 aromatic carbocycles. The van der Waals surface area contributed by atoms with E-state index in [1.807, 2.05) is 0 Å². The molecule has 0 spiro atoms. The number of aliphatic hydroxyl groups is 1. The predicted molar refractivity (Wildman–Crippen MR) is 115 cm³/mol. The van der Waals surface area contributed by atoms with Crippen LogP contribution in [0.5, 0.6) is 5.75 Å². The lowest BCUT2D eigenvalue weighted by Gasteiger charge is -2.16. The van der Waals surface area contributed by atoms with E-state index in [-0.39, 0.29) is 17.4 Å². The first-order valence-corrected chi connectivity index (χ1v) is 10.0. The Bertz CT molecular complexity index is 1320. The molecule has 0 unspecified atom stereocenters. The van der Waals surface area contributed by atoms with Crippen molar-refractivity contribution < 1.29 is 36.6 Å². The number of nitrogens with zero attached hydrogens (tertiary/aromatic N) is 3. The van der Waals surface area contributed by atoms with E-state index in [4.69, 9.17) is 16.3 Å². The lowest BCUT2D eigenvalue weighted by Crippen LogP contribution is -2.26. The minimum absolute atomic E-state index is 0.0995. The first-order chi connectivity index (χ1) is 16.5. The number of anilines is 1. The molecule has 3 aromatic rings. The second-order valence-electron chi connectivity index (χ2n) is 6.92. The van der Waals surface area contributed by atoms with Crippen LogP contribution >= 0.6 is 11.6 Å². The van der Waals surface area contributed by atoms with Crippen LogP contribution in [-0.4, -0.2) is 38.1 Å². The molecule has 0 aliphatic carbocycles. The summed E-state index contributed by atoms with van der Waals surface area (Å²) in [5.74, 6) is -4.39. The number of rotatable bonds is 8. The summed E-state index contributed by atoms with van der Waals surface area (Å²) >= 11 is 5.85. The van der Waals surface area contributed by atoms with Crippen LogP contribution in [0.15, 0.2) is 47.8 Å². The maximum absolute atomic E-state index is 15.0. The van der Waals surface area contributed by atoms with Gasteiger partial charge in [0.2, 0.25) is 0 Å². The molecule has 35 heavy (non-hydrogen) atoms. The molecule has 0 saturated heterocycles. The van der Waals surface area contributed by atoms with Gasteiger partial charge in [-0.2, -0.15) is 17.9 Å². The number of aliphatic hydroxyl groups excluding tert-OH is 1. The number of ether oxygens (including phenoxy) is 1. The van der Waals surface area contributed by atoms with E-state index in [2.05, 4.69) is 17.0 Å². The molecule has 1 heterocycles. The number of aromatic nitrogens is 3. The third-order valence-electron chi connectivity index (χ3n) is 4.51. The zero-order valence-electron chi connectivity index (χ0n) is 17.6. The highest BCUT2D eigenvalue weighted by Crippen LogP contribution is 2.30. The van der Waals surface area contributed by atoms with Gasteiger partial charge in [-0.15, -0.1) is 11.7 Å². The summed E-state index contributed by atoms with van der Waals surface area (Å²) in [5.41, 5.74) is -2.83. The van der Waals surface area contributed by atoms with Crippen LogP contribution in [0.2, 0.25) is 5.02 Å². The highest BCUT2D eigenvalue weighted by Gasteiger charge is 2.30. The molecule has 0 saturated carbocycles. The van der Waals surface area contributed by atoms with E-state index in [1.54, 1.807) is 0 Å². The summed E-state index contributed by atoms with van der Waals surface area (Å²) in [5, 5.41) is 15.0. The molecular formula is C21H16ClF5N4O4. The molecule has 0 fully saturated rings. The van der Waals surface area contributed by atoms with Gasteiger partial charge in [-0.25, -0.2) is 13.6 Å². The third kappa shape index (κ3) is 5.69. The fraction of sp³-hybridized carbons (Fsp3) is 0.190. The summed E-state index contributed by atoms with van der Waals surface area (Å²) < 4.78 is 73.6. The van der Waals surface area contributed by atoms with Crippen LogP contribution in [0.25, 0.3) is 5.69 Å². The number of hydrogen-bond acceptors (Lipinski definition) is 5. The maximum Gasteiger partial charge on any atom is 0.422 e. The van der Waals surface area contributed by atoms with Gasteiger partial charge in [-0.05, 0) is 18.2 Å². The molecule has 0 bridgehead atoms. The van der Waals surface area contributed by atoms with Crippen LogP contribution in [-0.2, 0) is 13.2 Å². The molecule has 0 radical (unpaired) electrons. The van der Waals surface area contributed by atoms with Gasteiger partial charge in [-0.1, -0.05) is 23.7 Å². The van der Waals surface area contributed by atoms with Gasteiger partial charge in [0, 0.05) is 12.6 Å². The lowest BCUT2D eigenvalue weighted by molar-refractivity contribution is -0.153. The highest BCUT2D eigenvalue weighted by atomic mass is 35.5. The first-order valence-electron chi connectivity index (χ1n) is 9.66. The topological polar surface area (TPSA) is 98.4 Å². The van der Waals surface area contributed by atoms with Crippen molar-refractivity contribution >= 4 is 23.2 Å². The number of carbonyl (C=O) groups is 1. The van der Waals surface area contributed by atoms with Gasteiger partial charge in [0.05, 0.1) is 16.3 Å². The lowest BCUT2D eigenvalue weighted by atomic mass is 10.1. The molecule has 8 nitrogen and oxygen atoms in total. The Labute approximate surface area is 198 Å². The van der Waals surface area contributed by atoms with Crippen molar-refractivity contribution in [3.05, 3.63) is 81.5 Å². The molecule has 0 aliphatic heterocycles. The average Bonchev–Trinajstić information content (AvgIpc) is 3.10. The van der Waals surface area contributed by atoms with Crippen molar-refractivity contribution in [2.24, 2.45) is 0 Å². The normalized spacial score (nSPS) is 11.4. The summed E-state index contributed by atoms with van der Waals surface area (Å²) in [6.07, 6.45) is -3.52. The number of allylic oxidation sites excluding steroid dienone is 1. The van der Waals surface area contributed by atoms with Gasteiger partial charge in [-0.3, -0.25) is 9.36 Å². The van der Waals surface area contributed by atoms with Crippen molar-refractivity contribution in [3.63, 3.8) is 0 Å². The largest absolute Gasteiger partial charge is 0.483 e. The molecular weight excluding hydrogens is 503 g/mol. The molecule has 0 atom stereocenters.